The summed E-state index contributed by atoms with van der Waals surface area (Å²) in [5.74, 6) is 0.825. The minimum atomic E-state index is -0.183. The predicted octanol–water partition coefficient (Wildman–Crippen LogP) is 1.74. The summed E-state index contributed by atoms with van der Waals surface area (Å²) in [5.41, 5.74) is 1.68. The van der Waals surface area contributed by atoms with E-state index in [9.17, 15) is 9.59 Å². The fourth-order valence-corrected chi connectivity index (χ4v) is 3.37. The lowest BCUT2D eigenvalue weighted by Gasteiger charge is -2.20. The van der Waals surface area contributed by atoms with Crippen LogP contribution in [0.25, 0.3) is 5.82 Å². The number of aryl methyl sites for hydroxylation is 2. The minimum Gasteiger partial charge on any atom is -0.354 e. The van der Waals surface area contributed by atoms with Crippen molar-refractivity contribution in [3.63, 3.8) is 0 Å². The van der Waals surface area contributed by atoms with E-state index in [2.05, 4.69) is 15.5 Å². The molecule has 7 heteroatoms. The van der Waals surface area contributed by atoms with Crippen molar-refractivity contribution in [3.8, 4) is 5.82 Å². The molecule has 1 N–H and O–H groups in total. The van der Waals surface area contributed by atoms with Gasteiger partial charge in [0.15, 0.2) is 5.82 Å². The molecular weight excluding hydrogens is 318 g/mol. The second kappa shape index (κ2) is 7.63. The zero-order valence-corrected chi connectivity index (χ0v) is 14.9. The number of hydrogen-bond donors (Lipinski definition) is 1. The molecule has 0 bridgehead atoms. The first-order valence-corrected chi connectivity index (χ1v) is 8.94. The molecule has 25 heavy (non-hydrogen) atoms. The molecule has 0 saturated heterocycles. The van der Waals surface area contributed by atoms with Gasteiger partial charge in [-0.3, -0.25) is 9.59 Å². The van der Waals surface area contributed by atoms with Crippen molar-refractivity contribution in [1.29, 1.82) is 0 Å². The maximum atomic E-state index is 12.2. The summed E-state index contributed by atoms with van der Waals surface area (Å²) in [6.45, 7) is 4.62. The highest BCUT2D eigenvalue weighted by Gasteiger charge is 2.20. The van der Waals surface area contributed by atoms with Crippen molar-refractivity contribution in [1.82, 2.24) is 24.9 Å². The third kappa shape index (κ3) is 4.15. The molecule has 0 atom stereocenters. The lowest BCUT2D eigenvalue weighted by molar-refractivity contribution is -0.125. The normalized spacial score (nSPS) is 15.3. The van der Waals surface area contributed by atoms with Crippen LogP contribution in [-0.2, 0) is 11.3 Å². The average Bonchev–Trinajstić information content (AvgIpc) is 2.95. The predicted molar refractivity (Wildman–Crippen MR) is 94.7 cm³/mol. The first-order chi connectivity index (χ1) is 12.0. The van der Waals surface area contributed by atoms with Gasteiger partial charge < -0.3 is 5.32 Å². The number of hydrogen-bond acceptors (Lipinski definition) is 4. The molecule has 0 spiro atoms. The molecule has 0 aliphatic heterocycles. The van der Waals surface area contributed by atoms with E-state index in [1.165, 1.54) is 17.2 Å². The van der Waals surface area contributed by atoms with E-state index in [0.29, 0.717) is 18.9 Å². The minimum absolute atomic E-state index is 0.0995. The topological polar surface area (TPSA) is 81.8 Å². The number of rotatable bonds is 5. The van der Waals surface area contributed by atoms with E-state index in [-0.39, 0.29) is 17.4 Å². The number of nitrogens with one attached hydrogen (secondary N) is 1. The van der Waals surface area contributed by atoms with Crippen molar-refractivity contribution in [2.24, 2.45) is 5.92 Å². The van der Waals surface area contributed by atoms with Crippen LogP contribution in [-0.4, -0.2) is 32.0 Å². The Labute approximate surface area is 147 Å². The Morgan fingerprint density at radius 3 is 2.64 bits per heavy atom. The van der Waals surface area contributed by atoms with Gasteiger partial charge in [0.25, 0.3) is 5.56 Å². The zero-order valence-electron chi connectivity index (χ0n) is 14.9. The van der Waals surface area contributed by atoms with Gasteiger partial charge in [0.1, 0.15) is 0 Å². The lowest BCUT2D eigenvalue weighted by Crippen LogP contribution is -2.36. The van der Waals surface area contributed by atoms with Crippen molar-refractivity contribution in [2.45, 2.75) is 52.5 Å². The van der Waals surface area contributed by atoms with Crippen LogP contribution in [0.1, 0.15) is 43.5 Å². The van der Waals surface area contributed by atoms with Gasteiger partial charge in [0, 0.05) is 24.2 Å². The molecule has 2 aromatic heterocycles. The monoisotopic (exact) mass is 343 g/mol. The van der Waals surface area contributed by atoms with Crippen molar-refractivity contribution < 1.29 is 4.79 Å². The molecule has 0 aromatic carbocycles. The van der Waals surface area contributed by atoms with Gasteiger partial charge in [0.2, 0.25) is 5.91 Å². The fraction of sp³-hybridized carbons (Fsp3) is 0.556. The lowest BCUT2D eigenvalue weighted by atomic mass is 9.89. The van der Waals surface area contributed by atoms with Crippen LogP contribution in [0.15, 0.2) is 23.0 Å². The molecular formula is C18H25N5O2. The van der Waals surface area contributed by atoms with E-state index in [1.54, 1.807) is 10.7 Å². The van der Waals surface area contributed by atoms with Crippen LogP contribution < -0.4 is 10.9 Å². The number of nitrogens with zero attached hydrogens (tertiary/aromatic N) is 4. The second-order valence-electron chi connectivity index (χ2n) is 6.72. The Morgan fingerprint density at radius 2 is 1.96 bits per heavy atom. The Balaban J connectivity index is 1.64. The summed E-state index contributed by atoms with van der Waals surface area (Å²) in [5, 5.41) is 11.7. The van der Waals surface area contributed by atoms with Gasteiger partial charge >= 0.3 is 0 Å². The number of aromatic nitrogens is 4. The summed E-state index contributed by atoms with van der Waals surface area (Å²) in [7, 11) is 0. The number of carbonyl (C=O) groups excluding carboxylic acids is 1. The van der Waals surface area contributed by atoms with Gasteiger partial charge in [-0.1, -0.05) is 19.3 Å². The smallest absolute Gasteiger partial charge is 0.266 e. The zero-order chi connectivity index (χ0) is 17.8. The SMILES string of the molecule is Cc1cc(C)n(-c2ccc(=O)n(CCNC(=O)C3CCCCC3)n2)n1. The highest BCUT2D eigenvalue weighted by Crippen LogP contribution is 2.23. The number of carbonyl (C=O) groups is 1. The first-order valence-electron chi connectivity index (χ1n) is 8.94. The highest BCUT2D eigenvalue weighted by atomic mass is 16.2. The first kappa shape index (κ1) is 17.4. The maximum absolute atomic E-state index is 12.2. The van der Waals surface area contributed by atoms with Gasteiger partial charge in [0.05, 0.1) is 12.2 Å². The van der Waals surface area contributed by atoms with Gasteiger partial charge in [-0.25, -0.2) is 9.36 Å². The second-order valence-corrected chi connectivity index (χ2v) is 6.72. The molecule has 1 aliphatic rings. The van der Waals surface area contributed by atoms with Gasteiger partial charge in [-0.2, -0.15) is 5.10 Å². The van der Waals surface area contributed by atoms with E-state index in [0.717, 1.165) is 37.1 Å². The van der Waals surface area contributed by atoms with E-state index in [1.807, 2.05) is 19.9 Å². The summed E-state index contributed by atoms with van der Waals surface area (Å²) in [6, 6.07) is 5.11. The molecule has 0 unspecified atom stereocenters. The molecule has 3 rings (SSSR count). The summed E-state index contributed by atoms with van der Waals surface area (Å²) in [4.78, 5) is 24.2. The highest BCUT2D eigenvalue weighted by molar-refractivity contribution is 5.78. The van der Waals surface area contributed by atoms with Crippen LogP contribution in [0.3, 0.4) is 0 Å². The summed E-state index contributed by atoms with van der Waals surface area (Å²) in [6.07, 6.45) is 5.42. The van der Waals surface area contributed by atoms with Crippen molar-refractivity contribution >= 4 is 5.91 Å². The van der Waals surface area contributed by atoms with E-state index < -0.39 is 0 Å². The molecule has 1 aliphatic carbocycles. The molecule has 2 heterocycles. The van der Waals surface area contributed by atoms with E-state index >= 15 is 0 Å². The Morgan fingerprint density at radius 1 is 1.20 bits per heavy atom. The van der Waals surface area contributed by atoms with Crippen molar-refractivity contribution in [3.05, 3.63) is 39.9 Å². The molecule has 1 saturated carbocycles. The third-order valence-corrected chi connectivity index (χ3v) is 4.68. The van der Waals surface area contributed by atoms with Crippen LogP contribution in [0.4, 0.5) is 0 Å². The number of amides is 1. The van der Waals surface area contributed by atoms with Gasteiger partial charge in [-0.05, 0) is 38.8 Å². The Hall–Kier alpha value is -2.44. The quantitative estimate of drug-likeness (QED) is 0.896. The average molecular weight is 343 g/mol. The molecule has 1 fully saturated rings. The van der Waals surface area contributed by atoms with Crippen molar-refractivity contribution in [2.75, 3.05) is 6.54 Å². The summed E-state index contributed by atoms with van der Waals surface area (Å²) < 4.78 is 3.10. The molecule has 7 nitrogen and oxygen atoms in total. The summed E-state index contributed by atoms with van der Waals surface area (Å²) >= 11 is 0. The van der Waals surface area contributed by atoms with Gasteiger partial charge in [-0.15, -0.1) is 5.10 Å². The maximum Gasteiger partial charge on any atom is 0.266 e. The van der Waals surface area contributed by atoms with Crippen LogP contribution in [0.2, 0.25) is 0 Å². The largest absolute Gasteiger partial charge is 0.354 e. The van der Waals surface area contributed by atoms with Crippen LogP contribution in [0, 0.1) is 19.8 Å². The molecule has 1 amide bonds. The Bertz CT molecular complexity index is 802. The standard InChI is InChI=1S/C18H25N5O2/c1-13-12-14(2)23(20-13)16-8-9-17(24)22(21-16)11-10-19-18(25)15-6-4-3-5-7-15/h8-9,12,15H,3-7,10-11H2,1-2H3,(H,19,25). The Kier molecular flexibility index (Phi) is 5.31. The molecule has 2 aromatic rings. The fourth-order valence-electron chi connectivity index (χ4n) is 3.37. The molecule has 134 valence electrons. The van der Waals surface area contributed by atoms with E-state index in [4.69, 9.17) is 0 Å². The van der Waals surface area contributed by atoms with Crippen LogP contribution in [0.5, 0.6) is 0 Å². The molecule has 0 radical (unpaired) electrons. The third-order valence-electron chi connectivity index (χ3n) is 4.68. The van der Waals surface area contributed by atoms with Crippen LogP contribution >= 0.6 is 0 Å².